The van der Waals surface area contributed by atoms with Gasteiger partial charge in [-0.25, -0.2) is 0 Å². The Bertz CT molecular complexity index is 1550. The maximum absolute atomic E-state index is 14.3. The number of hydrogen-bond donors (Lipinski definition) is 2. The van der Waals surface area contributed by atoms with Crippen molar-refractivity contribution in [1.29, 1.82) is 0 Å². The molecule has 2 heterocycles. The van der Waals surface area contributed by atoms with Crippen molar-refractivity contribution in [2.75, 3.05) is 36.5 Å². The van der Waals surface area contributed by atoms with Crippen LogP contribution in [0.25, 0.3) is 11.1 Å². The SMILES string of the molecule is Cn1nc(C(C)(C)C)cc1C(=O)N(Cc1cccc(-c2ccc(N3CCOCC3)c(NC(=O)CC(C)(C)C)c2)c1)C1CCC(N)CC1. The second kappa shape index (κ2) is 14.2. The van der Waals surface area contributed by atoms with Crippen LogP contribution in [0.5, 0.6) is 0 Å². The zero-order valence-corrected chi connectivity index (χ0v) is 29.4. The Balaban J connectivity index is 1.45. The van der Waals surface area contributed by atoms with Crippen molar-refractivity contribution in [3.05, 3.63) is 65.5 Å². The molecule has 2 aliphatic rings. The number of rotatable bonds is 8. The average molecular weight is 643 g/mol. The zero-order chi connectivity index (χ0) is 33.9. The topological polar surface area (TPSA) is 106 Å². The first-order valence-electron chi connectivity index (χ1n) is 17.1. The summed E-state index contributed by atoms with van der Waals surface area (Å²) in [7, 11) is 1.86. The van der Waals surface area contributed by atoms with Crippen molar-refractivity contribution >= 4 is 23.2 Å². The molecule has 3 N–H and O–H groups in total. The molecule has 1 aliphatic carbocycles. The predicted molar refractivity (Wildman–Crippen MR) is 190 cm³/mol. The van der Waals surface area contributed by atoms with Crippen molar-refractivity contribution < 1.29 is 14.3 Å². The largest absolute Gasteiger partial charge is 0.378 e. The normalized spacial score (nSPS) is 19.0. The van der Waals surface area contributed by atoms with Crippen LogP contribution < -0.4 is 16.0 Å². The van der Waals surface area contributed by atoms with Gasteiger partial charge >= 0.3 is 0 Å². The van der Waals surface area contributed by atoms with Crippen LogP contribution in [-0.2, 0) is 28.5 Å². The van der Waals surface area contributed by atoms with Crippen LogP contribution in [0, 0.1) is 5.41 Å². The van der Waals surface area contributed by atoms with E-state index in [4.69, 9.17) is 15.6 Å². The molecule has 3 aromatic rings. The molecule has 1 saturated carbocycles. The van der Waals surface area contributed by atoms with Crippen molar-refractivity contribution in [3.8, 4) is 11.1 Å². The number of morpholine rings is 1. The van der Waals surface area contributed by atoms with Gasteiger partial charge < -0.3 is 25.6 Å². The summed E-state index contributed by atoms with van der Waals surface area (Å²) in [4.78, 5) is 31.7. The average Bonchev–Trinajstić information content (AvgIpc) is 3.42. The van der Waals surface area contributed by atoms with E-state index < -0.39 is 0 Å². The molecular weight excluding hydrogens is 588 g/mol. The summed E-state index contributed by atoms with van der Waals surface area (Å²) in [6, 6.07) is 17.0. The lowest BCUT2D eigenvalue weighted by Gasteiger charge is -2.36. The maximum Gasteiger partial charge on any atom is 0.272 e. The highest BCUT2D eigenvalue weighted by molar-refractivity contribution is 5.96. The Morgan fingerprint density at radius 2 is 1.64 bits per heavy atom. The molecule has 0 radical (unpaired) electrons. The monoisotopic (exact) mass is 642 g/mol. The van der Waals surface area contributed by atoms with E-state index in [1.54, 1.807) is 4.68 Å². The van der Waals surface area contributed by atoms with Crippen molar-refractivity contribution in [2.45, 2.75) is 97.7 Å². The molecule has 2 aromatic carbocycles. The van der Waals surface area contributed by atoms with Gasteiger partial charge in [-0.15, -0.1) is 0 Å². The van der Waals surface area contributed by atoms with E-state index in [1.165, 1.54) is 0 Å². The van der Waals surface area contributed by atoms with E-state index in [-0.39, 0.29) is 34.7 Å². The van der Waals surface area contributed by atoms with Crippen LogP contribution in [0.4, 0.5) is 11.4 Å². The van der Waals surface area contributed by atoms with Crippen LogP contribution in [0.15, 0.2) is 48.5 Å². The van der Waals surface area contributed by atoms with Gasteiger partial charge in [0, 0.05) is 50.6 Å². The van der Waals surface area contributed by atoms with Gasteiger partial charge in [0.05, 0.1) is 30.3 Å². The number of carbonyl (C=O) groups excluding carboxylic acids is 2. The summed E-state index contributed by atoms with van der Waals surface area (Å²) in [6.45, 7) is 15.9. The lowest BCUT2D eigenvalue weighted by atomic mass is 9.90. The highest BCUT2D eigenvalue weighted by Crippen LogP contribution is 2.34. The van der Waals surface area contributed by atoms with Gasteiger partial charge in [0.15, 0.2) is 0 Å². The number of amides is 2. The first kappa shape index (κ1) is 34.6. The standard InChI is InChI=1S/C38H54N6O3/c1-37(2,3)24-35(45)40-31-22-28(11-16-32(31)43-17-19-47-20-18-43)27-10-8-9-26(21-27)25-44(30-14-12-29(39)13-15-30)36(46)33-23-34(38(4,5)6)41-42(33)7/h8-11,16,21-23,29-30H,12-15,17-20,24-25,39H2,1-7H3,(H,40,45). The summed E-state index contributed by atoms with van der Waals surface area (Å²) in [5.41, 5.74) is 12.4. The van der Waals surface area contributed by atoms with Crippen LogP contribution in [0.3, 0.4) is 0 Å². The third-order valence-electron chi connectivity index (χ3n) is 9.24. The van der Waals surface area contributed by atoms with Crippen LogP contribution in [0.1, 0.15) is 95.4 Å². The van der Waals surface area contributed by atoms with E-state index in [0.29, 0.717) is 31.9 Å². The maximum atomic E-state index is 14.3. The smallest absolute Gasteiger partial charge is 0.272 e. The van der Waals surface area contributed by atoms with E-state index in [0.717, 1.165) is 72.5 Å². The second-order valence-electron chi connectivity index (χ2n) is 15.6. The first-order valence-corrected chi connectivity index (χ1v) is 17.1. The van der Waals surface area contributed by atoms with E-state index in [1.807, 2.05) is 18.0 Å². The van der Waals surface area contributed by atoms with Gasteiger partial charge in [0.2, 0.25) is 5.91 Å². The molecule has 0 unspecified atom stereocenters. The summed E-state index contributed by atoms with van der Waals surface area (Å²) < 4.78 is 7.32. The number of anilines is 2. The van der Waals surface area contributed by atoms with Gasteiger partial charge in [-0.05, 0) is 72.1 Å². The molecule has 0 bridgehead atoms. The first-order chi connectivity index (χ1) is 22.2. The quantitative estimate of drug-likeness (QED) is 0.290. The summed E-state index contributed by atoms with van der Waals surface area (Å²) in [5.74, 6) is 0.00383. The molecule has 2 amide bonds. The van der Waals surface area contributed by atoms with Crippen molar-refractivity contribution in [2.24, 2.45) is 18.2 Å². The number of carbonyl (C=O) groups is 2. The minimum Gasteiger partial charge on any atom is -0.378 e. The van der Waals surface area contributed by atoms with Crippen LogP contribution >= 0.6 is 0 Å². The molecular formula is C38H54N6O3. The molecule has 1 saturated heterocycles. The third kappa shape index (κ3) is 8.82. The van der Waals surface area contributed by atoms with E-state index in [9.17, 15) is 9.59 Å². The fourth-order valence-corrected chi connectivity index (χ4v) is 6.58. The zero-order valence-electron chi connectivity index (χ0n) is 29.4. The summed E-state index contributed by atoms with van der Waals surface area (Å²) in [5, 5.41) is 7.93. The highest BCUT2D eigenvalue weighted by atomic mass is 16.5. The molecule has 1 aliphatic heterocycles. The Morgan fingerprint density at radius 3 is 2.28 bits per heavy atom. The fourth-order valence-electron chi connectivity index (χ4n) is 6.58. The van der Waals surface area contributed by atoms with Crippen molar-refractivity contribution in [1.82, 2.24) is 14.7 Å². The lowest BCUT2D eigenvalue weighted by molar-refractivity contribution is -0.117. The minimum atomic E-state index is -0.157. The summed E-state index contributed by atoms with van der Waals surface area (Å²) >= 11 is 0. The molecule has 0 spiro atoms. The van der Waals surface area contributed by atoms with Gasteiger partial charge in [-0.3, -0.25) is 14.3 Å². The number of aromatic nitrogens is 2. The molecule has 47 heavy (non-hydrogen) atoms. The Labute approximate surface area is 280 Å². The van der Waals surface area contributed by atoms with E-state index in [2.05, 4.69) is 94.2 Å². The predicted octanol–water partition coefficient (Wildman–Crippen LogP) is 6.51. The third-order valence-corrected chi connectivity index (χ3v) is 9.24. The number of aryl methyl sites for hydroxylation is 1. The van der Waals surface area contributed by atoms with Gasteiger partial charge in [-0.1, -0.05) is 65.8 Å². The lowest BCUT2D eigenvalue weighted by Crippen LogP contribution is -2.44. The minimum absolute atomic E-state index is 0.0000792. The number of hydrogen-bond acceptors (Lipinski definition) is 6. The fraction of sp³-hybridized carbons (Fsp3) is 0.553. The Morgan fingerprint density at radius 1 is 0.957 bits per heavy atom. The number of nitrogens with one attached hydrogen (secondary N) is 1. The summed E-state index contributed by atoms with van der Waals surface area (Å²) in [6.07, 6.45) is 4.02. The van der Waals surface area contributed by atoms with Crippen LogP contribution in [-0.4, -0.2) is 64.9 Å². The highest BCUT2D eigenvalue weighted by Gasteiger charge is 2.31. The number of nitrogens with two attached hydrogens (primary N) is 1. The molecule has 5 rings (SSSR count). The Kier molecular flexibility index (Phi) is 10.5. The molecule has 0 atom stereocenters. The van der Waals surface area contributed by atoms with Crippen LogP contribution in [0.2, 0.25) is 0 Å². The van der Waals surface area contributed by atoms with Gasteiger partial charge in [-0.2, -0.15) is 5.10 Å². The molecule has 1 aromatic heterocycles. The number of nitrogens with zero attached hydrogens (tertiary/aromatic N) is 4. The molecule has 2 fully saturated rings. The molecule has 254 valence electrons. The number of ether oxygens (including phenoxy) is 1. The molecule has 9 heteroatoms. The van der Waals surface area contributed by atoms with Gasteiger partial charge in [0.25, 0.3) is 5.91 Å². The van der Waals surface area contributed by atoms with Gasteiger partial charge in [0.1, 0.15) is 5.69 Å². The molecule has 9 nitrogen and oxygen atoms in total. The van der Waals surface area contributed by atoms with Crippen molar-refractivity contribution in [3.63, 3.8) is 0 Å². The number of benzene rings is 2. The second-order valence-corrected chi connectivity index (χ2v) is 15.6. The Hall–Kier alpha value is -3.69. The van der Waals surface area contributed by atoms with E-state index >= 15 is 0 Å².